The van der Waals surface area contributed by atoms with E-state index in [2.05, 4.69) is 24.9 Å². The van der Waals surface area contributed by atoms with Gasteiger partial charge in [-0.25, -0.2) is 0 Å². The van der Waals surface area contributed by atoms with E-state index in [1.165, 1.54) is 0 Å². The number of benzene rings is 1. The predicted octanol–water partition coefficient (Wildman–Crippen LogP) is 2.68. The van der Waals surface area contributed by atoms with Crippen LogP contribution in [0.15, 0.2) is 30.5 Å². The third kappa shape index (κ3) is 3.27. The fourth-order valence-corrected chi connectivity index (χ4v) is 2.74. The van der Waals surface area contributed by atoms with Gasteiger partial charge in [0.25, 0.3) is 0 Å². The number of hydrogen-bond acceptors (Lipinski definition) is 2. The second kappa shape index (κ2) is 6.76. The third-order valence-electron chi connectivity index (χ3n) is 4.18. The van der Waals surface area contributed by atoms with Crippen LogP contribution in [0, 0.1) is 0 Å². The molecule has 3 N–H and O–H groups in total. The molecule has 2 atom stereocenters. The van der Waals surface area contributed by atoms with Crippen molar-refractivity contribution in [2.75, 3.05) is 6.54 Å². The highest BCUT2D eigenvalue weighted by atomic mass is 16.2. The van der Waals surface area contributed by atoms with Crippen LogP contribution in [-0.4, -0.2) is 34.4 Å². The van der Waals surface area contributed by atoms with Gasteiger partial charge in [-0.1, -0.05) is 25.1 Å². The molecule has 0 aliphatic heterocycles. The number of H-pyrrole nitrogens is 1. The number of para-hydroxylation sites is 1. The Labute approximate surface area is 126 Å². The van der Waals surface area contributed by atoms with Gasteiger partial charge in [0.05, 0.1) is 6.04 Å². The molecule has 114 valence electrons. The van der Waals surface area contributed by atoms with E-state index in [1.54, 1.807) is 0 Å². The summed E-state index contributed by atoms with van der Waals surface area (Å²) in [6.07, 6.45) is 3.46. The van der Waals surface area contributed by atoms with Crippen molar-refractivity contribution in [3.8, 4) is 0 Å². The van der Waals surface area contributed by atoms with E-state index in [0.29, 0.717) is 13.0 Å². The van der Waals surface area contributed by atoms with Crippen LogP contribution in [0.2, 0.25) is 0 Å². The van der Waals surface area contributed by atoms with Crippen molar-refractivity contribution in [3.05, 3.63) is 36.0 Å². The highest BCUT2D eigenvalue weighted by Crippen LogP contribution is 2.19. The largest absolute Gasteiger partial charge is 0.361 e. The van der Waals surface area contributed by atoms with Crippen molar-refractivity contribution in [3.63, 3.8) is 0 Å². The second-order valence-corrected chi connectivity index (χ2v) is 5.55. The molecule has 21 heavy (non-hydrogen) atoms. The maximum atomic E-state index is 12.5. The molecule has 0 radical (unpaired) electrons. The average molecular weight is 287 g/mol. The number of fused-ring (bicyclic) bond motifs is 1. The van der Waals surface area contributed by atoms with Gasteiger partial charge in [0.2, 0.25) is 5.91 Å². The van der Waals surface area contributed by atoms with Crippen molar-refractivity contribution < 1.29 is 4.79 Å². The Bertz CT molecular complexity index is 605. The zero-order valence-electron chi connectivity index (χ0n) is 13.1. The summed E-state index contributed by atoms with van der Waals surface area (Å²) >= 11 is 0. The van der Waals surface area contributed by atoms with Crippen LogP contribution in [0.25, 0.3) is 10.9 Å². The van der Waals surface area contributed by atoms with Gasteiger partial charge in [0.1, 0.15) is 0 Å². The summed E-state index contributed by atoms with van der Waals surface area (Å²) in [7, 11) is 0. The summed E-state index contributed by atoms with van der Waals surface area (Å²) in [4.78, 5) is 17.6. The van der Waals surface area contributed by atoms with Crippen LogP contribution in [0.4, 0.5) is 0 Å². The molecule has 0 aliphatic carbocycles. The van der Waals surface area contributed by atoms with Crippen molar-refractivity contribution >= 4 is 16.8 Å². The van der Waals surface area contributed by atoms with E-state index < -0.39 is 6.04 Å². The summed E-state index contributed by atoms with van der Waals surface area (Å²) < 4.78 is 0. The first-order valence-corrected chi connectivity index (χ1v) is 7.69. The summed E-state index contributed by atoms with van der Waals surface area (Å²) in [6, 6.07) is 7.84. The van der Waals surface area contributed by atoms with Gasteiger partial charge < -0.3 is 15.6 Å². The standard InChI is InChI=1S/C17H25N3O/c1-4-12(3)20(5-2)17(21)15(18)10-13-11-19-16-9-7-6-8-14(13)16/h6-9,11-12,15,19H,4-5,10,18H2,1-3H3/t12?,15-/m0/s1. The van der Waals surface area contributed by atoms with Crippen molar-refractivity contribution in [1.82, 2.24) is 9.88 Å². The minimum Gasteiger partial charge on any atom is -0.361 e. The molecule has 1 amide bonds. The zero-order chi connectivity index (χ0) is 15.4. The van der Waals surface area contributed by atoms with E-state index in [1.807, 2.05) is 36.2 Å². The number of rotatable bonds is 6. The number of nitrogens with zero attached hydrogens (tertiary/aromatic N) is 1. The fourth-order valence-electron chi connectivity index (χ4n) is 2.74. The normalized spacial score (nSPS) is 14.1. The maximum absolute atomic E-state index is 12.5. The first-order chi connectivity index (χ1) is 10.1. The molecular formula is C17H25N3O. The topological polar surface area (TPSA) is 62.1 Å². The number of aromatic amines is 1. The Balaban J connectivity index is 2.13. The first kappa shape index (κ1) is 15.6. The van der Waals surface area contributed by atoms with Gasteiger partial charge in [-0.05, 0) is 38.3 Å². The van der Waals surface area contributed by atoms with Crippen LogP contribution in [0.1, 0.15) is 32.8 Å². The zero-order valence-corrected chi connectivity index (χ0v) is 13.1. The third-order valence-corrected chi connectivity index (χ3v) is 4.18. The van der Waals surface area contributed by atoms with E-state index in [0.717, 1.165) is 22.9 Å². The van der Waals surface area contributed by atoms with Crippen LogP contribution in [-0.2, 0) is 11.2 Å². The maximum Gasteiger partial charge on any atom is 0.240 e. The summed E-state index contributed by atoms with van der Waals surface area (Å²) in [5, 5.41) is 1.15. The molecule has 0 spiro atoms. The summed E-state index contributed by atoms with van der Waals surface area (Å²) in [5.41, 5.74) is 8.35. The lowest BCUT2D eigenvalue weighted by molar-refractivity contribution is -0.134. The fraction of sp³-hybridized carbons (Fsp3) is 0.471. The van der Waals surface area contributed by atoms with Crippen molar-refractivity contribution in [2.45, 2.75) is 45.7 Å². The number of carbonyl (C=O) groups excluding carboxylic acids is 1. The number of nitrogens with two attached hydrogens (primary N) is 1. The molecule has 0 bridgehead atoms. The Morgan fingerprint density at radius 3 is 2.71 bits per heavy atom. The molecular weight excluding hydrogens is 262 g/mol. The lowest BCUT2D eigenvalue weighted by Crippen LogP contribution is -2.48. The second-order valence-electron chi connectivity index (χ2n) is 5.55. The molecule has 4 nitrogen and oxygen atoms in total. The van der Waals surface area contributed by atoms with E-state index in [4.69, 9.17) is 5.73 Å². The molecule has 2 rings (SSSR count). The SMILES string of the molecule is CCC(C)N(CC)C(=O)[C@@H](N)Cc1c[nH]c2ccccc12. The first-order valence-electron chi connectivity index (χ1n) is 7.69. The van der Waals surface area contributed by atoms with Crippen LogP contribution in [0.5, 0.6) is 0 Å². The quantitative estimate of drug-likeness (QED) is 0.858. The number of nitrogens with one attached hydrogen (secondary N) is 1. The number of aromatic nitrogens is 1. The number of likely N-dealkylation sites (N-methyl/N-ethyl adjacent to an activating group) is 1. The molecule has 1 aromatic heterocycles. The van der Waals surface area contributed by atoms with Gasteiger partial charge >= 0.3 is 0 Å². The Hall–Kier alpha value is -1.81. The van der Waals surface area contributed by atoms with Gasteiger partial charge in [-0.15, -0.1) is 0 Å². The van der Waals surface area contributed by atoms with Crippen LogP contribution < -0.4 is 5.73 Å². The van der Waals surface area contributed by atoms with Crippen molar-refractivity contribution in [1.29, 1.82) is 0 Å². The molecule has 0 saturated heterocycles. The highest BCUT2D eigenvalue weighted by molar-refractivity contribution is 5.86. The Morgan fingerprint density at radius 2 is 2.05 bits per heavy atom. The van der Waals surface area contributed by atoms with Gasteiger partial charge in [-0.2, -0.15) is 0 Å². The van der Waals surface area contributed by atoms with E-state index in [9.17, 15) is 4.79 Å². The molecule has 1 aromatic carbocycles. The Kier molecular flexibility index (Phi) is 5.02. The average Bonchev–Trinajstić information content (AvgIpc) is 2.90. The highest BCUT2D eigenvalue weighted by Gasteiger charge is 2.24. The van der Waals surface area contributed by atoms with Crippen LogP contribution >= 0.6 is 0 Å². The minimum atomic E-state index is -0.488. The molecule has 1 unspecified atom stereocenters. The molecule has 2 aromatic rings. The number of carbonyl (C=O) groups is 1. The predicted molar refractivity (Wildman–Crippen MR) is 87.1 cm³/mol. The molecule has 4 heteroatoms. The molecule has 0 saturated carbocycles. The summed E-state index contributed by atoms with van der Waals surface area (Å²) in [5.74, 6) is 0.0390. The van der Waals surface area contributed by atoms with E-state index >= 15 is 0 Å². The number of hydrogen-bond donors (Lipinski definition) is 2. The lowest BCUT2D eigenvalue weighted by Gasteiger charge is -2.29. The van der Waals surface area contributed by atoms with Gasteiger partial charge in [-0.3, -0.25) is 4.79 Å². The molecule has 0 aliphatic rings. The minimum absolute atomic E-state index is 0.0390. The van der Waals surface area contributed by atoms with E-state index in [-0.39, 0.29) is 11.9 Å². The number of amides is 1. The van der Waals surface area contributed by atoms with Crippen LogP contribution in [0.3, 0.4) is 0 Å². The molecule has 0 fully saturated rings. The lowest BCUT2D eigenvalue weighted by atomic mass is 10.0. The Morgan fingerprint density at radius 1 is 1.33 bits per heavy atom. The smallest absolute Gasteiger partial charge is 0.240 e. The monoisotopic (exact) mass is 287 g/mol. The van der Waals surface area contributed by atoms with Crippen molar-refractivity contribution in [2.24, 2.45) is 5.73 Å². The molecule has 1 heterocycles. The summed E-state index contributed by atoms with van der Waals surface area (Å²) in [6.45, 7) is 6.86. The van der Waals surface area contributed by atoms with Gasteiger partial charge in [0, 0.05) is 29.7 Å². The van der Waals surface area contributed by atoms with Gasteiger partial charge in [0.15, 0.2) is 0 Å².